The SMILES string of the molecule is COc1cc(/C=N\NC(=O)CNC(=O)c2ccc(C)cc2)ccc1OC(=O)c1ccc(Cl)cc1. The number of carbonyl (C=O) groups is 3. The van der Waals surface area contributed by atoms with E-state index in [4.69, 9.17) is 21.1 Å². The highest BCUT2D eigenvalue weighted by molar-refractivity contribution is 6.30. The Bertz CT molecular complexity index is 1210. The second-order valence-corrected chi connectivity index (χ2v) is 7.59. The van der Waals surface area contributed by atoms with Crippen molar-refractivity contribution in [2.45, 2.75) is 6.92 Å². The molecule has 2 amide bonds. The van der Waals surface area contributed by atoms with Crippen LogP contribution in [0.5, 0.6) is 11.5 Å². The number of nitrogens with zero attached hydrogens (tertiary/aromatic N) is 1. The Hall–Kier alpha value is -4.17. The van der Waals surface area contributed by atoms with Crippen LogP contribution in [0.4, 0.5) is 0 Å². The van der Waals surface area contributed by atoms with Gasteiger partial charge in [0, 0.05) is 10.6 Å². The van der Waals surface area contributed by atoms with Crippen LogP contribution in [0.1, 0.15) is 31.8 Å². The van der Waals surface area contributed by atoms with Crippen LogP contribution < -0.4 is 20.2 Å². The molecule has 0 heterocycles. The molecular formula is C25H22ClN3O5. The Morgan fingerprint density at radius 2 is 1.62 bits per heavy atom. The normalized spacial score (nSPS) is 10.6. The number of ether oxygens (including phenoxy) is 2. The molecule has 0 unspecified atom stereocenters. The number of carbonyl (C=O) groups excluding carboxylic acids is 3. The fourth-order valence-electron chi connectivity index (χ4n) is 2.78. The number of nitrogens with one attached hydrogen (secondary N) is 2. The summed E-state index contributed by atoms with van der Waals surface area (Å²) in [6.45, 7) is 1.69. The standard InChI is InChI=1S/C25H22ClN3O5/c1-16-3-6-18(7-4-16)24(31)27-15-23(30)29-28-14-17-5-12-21(22(13-17)33-2)34-25(32)19-8-10-20(26)11-9-19/h3-14H,15H2,1-2H3,(H,27,31)(H,29,30)/b28-14-. The Labute approximate surface area is 201 Å². The molecule has 0 saturated carbocycles. The number of esters is 1. The number of methoxy groups -OCH3 is 1. The second-order valence-electron chi connectivity index (χ2n) is 7.15. The van der Waals surface area contributed by atoms with Crippen molar-refractivity contribution >= 4 is 35.6 Å². The lowest BCUT2D eigenvalue weighted by Gasteiger charge is -2.10. The van der Waals surface area contributed by atoms with Crippen molar-refractivity contribution in [2.75, 3.05) is 13.7 Å². The summed E-state index contributed by atoms with van der Waals surface area (Å²) in [5.41, 5.74) is 4.77. The highest BCUT2D eigenvalue weighted by Gasteiger charge is 2.13. The third-order valence-corrected chi connectivity index (χ3v) is 4.85. The Kier molecular flexibility index (Phi) is 8.37. The average molecular weight is 480 g/mol. The van der Waals surface area contributed by atoms with E-state index in [0.29, 0.717) is 27.5 Å². The summed E-state index contributed by atoms with van der Waals surface area (Å²) >= 11 is 5.84. The number of hydrogen-bond acceptors (Lipinski definition) is 6. The molecule has 3 rings (SSSR count). The molecule has 34 heavy (non-hydrogen) atoms. The minimum atomic E-state index is -0.559. The predicted molar refractivity (Wildman–Crippen MR) is 129 cm³/mol. The van der Waals surface area contributed by atoms with E-state index in [1.54, 1.807) is 54.6 Å². The van der Waals surface area contributed by atoms with Crippen LogP contribution in [0.2, 0.25) is 5.02 Å². The number of amides is 2. The van der Waals surface area contributed by atoms with E-state index in [9.17, 15) is 14.4 Å². The minimum Gasteiger partial charge on any atom is -0.493 e. The third kappa shape index (κ3) is 6.91. The average Bonchev–Trinajstić information content (AvgIpc) is 2.84. The Morgan fingerprint density at radius 3 is 2.29 bits per heavy atom. The van der Waals surface area contributed by atoms with Gasteiger partial charge in [0.15, 0.2) is 11.5 Å². The van der Waals surface area contributed by atoms with E-state index in [-0.39, 0.29) is 18.2 Å². The first-order chi connectivity index (χ1) is 16.4. The summed E-state index contributed by atoms with van der Waals surface area (Å²) in [5, 5.41) is 6.91. The summed E-state index contributed by atoms with van der Waals surface area (Å²) in [4.78, 5) is 36.3. The molecule has 8 nitrogen and oxygen atoms in total. The van der Waals surface area contributed by atoms with Crippen molar-refractivity contribution in [3.8, 4) is 11.5 Å². The van der Waals surface area contributed by atoms with Crippen molar-refractivity contribution in [3.05, 3.63) is 94.0 Å². The lowest BCUT2D eigenvalue weighted by atomic mass is 10.1. The molecule has 0 spiro atoms. The minimum absolute atomic E-state index is 0.224. The summed E-state index contributed by atoms with van der Waals surface area (Å²) in [7, 11) is 1.44. The van der Waals surface area contributed by atoms with E-state index in [2.05, 4.69) is 15.8 Å². The van der Waals surface area contributed by atoms with Gasteiger partial charge in [0.05, 0.1) is 25.4 Å². The molecule has 0 saturated heterocycles. The van der Waals surface area contributed by atoms with Crippen LogP contribution in [0.25, 0.3) is 0 Å². The number of halogens is 1. The second kappa shape index (κ2) is 11.6. The van der Waals surface area contributed by atoms with Gasteiger partial charge in [-0.25, -0.2) is 10.2 Å². The fourth-order valence-corrected chi connectivity index (χ4v) is 2.91. The van der Waals surface area contributed by atoms with Crippen LogP contribution in [0.15, 0.2) is 71.8 Å². The molecule has 0 aliphatic heterocycles. The third-order valence-electron chi connectivity index (χ3n) is 4.60. The van der Waals surface area contributed by atoms with E-state index < -0.39 is 11.9 Å². The van der Waals surface area contributed by atoms with Crippen LogP contribution >= 0.6 is 11.6 Å². The van der Waals surface area contributed by atoms with E-state index in [1.807, 2.05) is 19.1 Å². The van der Waals surface area contributed by atoms with E-state index in [0.717, 1.165) is 5.56 Å². The van der Waals surface area contributed by atoms with Gasteiger partial charge in [-0.3, -0.25) is 9.59 Å². The van der Waals surface area contributed by atoms with Crippen molar-refractivity contribution < 1.29 is 23.9 Å². The molecule has 0 atom stereocenters. The zero-order chi connectivity index (χ0) is 24.5. The van der Waals surface area contributed by atoms with Crippen LogP contribution in [-0.4, -0.2) is 37.7 Å². The molecule has 3 aromatic carbocycles. The van der Waals surface area contributed by atoms with Crippen molar-refractivity contribution in [1.82, 2.24) is 10.7 Å². The molecule has 0 bridgehead atoms. The Morgan fingerprint density at radius 1 is 0.941 bits per heavy atom. The van der Waals surface area contributed by atoms with Crippen molar-refractivity contribution in [2.24, 2.45) is 5.10 Å². The van der Waals surface area contributed by atoms with Crippen LogP contribution in [-0.2, 0) is 4.79 Å². The first kappa shape index (κ1) is 24.5. The van der Waals surface area contributed by atoms with E-state index in [1.165, 1.54) is 13.3 Å². The predicted octanol–water partition coefficient (Wildman–Crippen LogP) is 3.76. The molecule has 0 aliphatic rings. The zero-order valence-electron chi connectivity index (χ0n) is 18.5. The maximum atomic E-state index is 12.3. The first-order valence-electron chi connectivity index (χ1n) is 10.2. The topological polar surface area (TPSA) is 106 Å². The maximum absolute atomic E-state index is 12.3. The molecule has 174 valence electrons. The molecule has 9 heteroatoms. The maximum Gasteiger partial charge on any atom is 0.343 e. The van der Waals surface area contributed by atoms with Gasteiger partial charge in [-0.1, -0.05) is 29.3 Å². The van der Waals surface area contributed by atoms with Gasteiger partial charge in [-0.05, 0) is 67.1 Å². The number of hydrazone groups is 1. The fraction of sp³-hybridized carbons (Fsp3) is 0.120. The lowest BCUT2D eigenvalue weighted by Crippen LogP contribution is -2.34. The van der Waals surface area contributed by atoms with Gasteiger partial charge in [-0.15, -0.1) is 0 Å². The number of aryl methyl sites for hydroxylation is 1. The smallest absolute Gasteiger partial charge is 0.343 e. The molecule has 2 N–H and O–H groups in total. The van der Waals surface area contributed by atoms with E-state index >= 15 is 0 Å². The van der Waals surface area contributed by atoms with Gasteiger partial charge in [-0.2, -0.15) is 5.10 Å². The van der Waals surface area contributed by atoms with Crippen molar-refractivity contribution in [3.63, 3.8) is 0 Å². The largest absolute Gasteiger partial charge is 0.493 e. The van der Waals surface area contributed by atoms with Gasteiger partial charge in [0.25, 0.3) is 11.8 Å². The summed E-state index contributed by atoms with van der Waals surface area (Å²) in [6, 6.07) is 18.1. The molecular weight excluding hydrogens is 458 g/mol. The molecule has 0 aliphatic carbocycles. The lowest BCUT2D eigenvalue weighted by molar-refractivity contribution is -0.120. The highest BCUT2D eigenvalue weighted by Crippen LogP contribution is 2.28. The molecule has 0 aromatic heterocycles. The molecule has 3 aromatic rings. The number of benzene rings is 3. The van der Waals surface area contributed by atoms with Crippen LogP contribution in [0, 0.1) is 6.92 Å². The van der Waals surface area contributed by atoms with Gasteiger partial charge in [0.1, 0.15) is 0 Å². The number of rotatable bonds is 8. The summed E-state index contributed by atoms with van der Waals surface area (Å²) in [5.74, 6) is -0.869. The Balaban J connectivity index is 1.53. The molecule has 0 radical (unpaired) electrons. The monoisotopic (exact) mass is 479 g/mol. The van der Waals surface area contributed by atoms with Crippen molar-refractivity contribution in [1.29, 1.82) is 0 Å². The van der Waals surface area contributed by atoms with Crippen LogP contribution in [0.3, 0.4) is 0 Å². The summed E-state index contributed by atoms with van der Waals surface area (Å²) < 4.78 is 10.7. The quantitative estimate of drug-likeness (QED) is 0.221. The van der Waals surface area contributed by atoms with Gasteiger partial charge in [0.2, 0.25) is 0 Å². The van der Waals surface area contributed by atoms with Gasteiger partial charge < -0.3 is 14.8 Å². The highest BCUT2D eigenvalue weighted by atomic mass is 35.5. The molecule has 0 fully saturated rings. The zero-order valence-corrected chi connectivity index (χ0v) is 19.3. The van der Waals surface area contributed by atoms with Gasteiger partial charge >= 0.3 is 5.97 Å². The summed E-state index contributed by atoms with van der Waals surface area (Å²) in [6.07, 6.45) is 1.40. The number of hydrogen-bond donors (Lipinski definition) is 2. The first-order valence-corrected chi connectivity index (χ1v) is 10.6.